The molecule has 0 N–H and O–H groups in total. The lowest BCUT2D eigenvalue weighted by atomic mass is 10.0. The maximum atomic E-state index is 12.6. The average molecular weight is 253 g/mol. The number of alkyl halides is 3. The number of hydrogen-bond acceptors (Lipinski definition) is 2. The Morgan fingerprint density at radius 2 is 1.89 bits per heavy atom. The number of rotatable bonds is 1. The molecule has 0 unspecified atom stereocenters. The summed E-state index contributed by atoms with van der Waals surface area (Å²) in [7, 11) is 0. The Bertz CT molecular complexity index is 632. The third-order valence-corrected chi connectivity index (χ3v) is 2.64. The van der Waals surface area contributed by atoms with Gasteiger partial charge in [-0.2, -0.15) is 13.2 Å². The minimum Gasteiger partial charge on any atom is -0.294 e. The number of fused-ring (bicyclic) bond motifs is 1. The Hall–Kier alpha value is -1.91. The molecule has 0 aliphatic rings. The Morgan fingerprint density at radius 1 is 1.22 bits per heavy atom. The van der Waals surface area contributed by atoms with Crippen LogP contribution in [0.15, 0.2) is 24.3 Å². The van der Waals surface area contributed by atoms with Gasteiger partial charge >= 0.3 is 6.18 Å². The normalized spacial score (nSPS) is 11.8. The van der Waals surface area contributed by atoms with Crippen molar-refractivity contribution in [2.24, 2.45) is 0 Å². The molecule has 0 saturated heterocycles. The molecule has 0 atom stereocenters. The molecule has 1 aromatic heterocycles. The van der Waals surface area contributed by atoms with Crippen molar-refractivity contribution in [3.8, 4) is 0 Å². The van der Waals surface area contributed by atoms with Gasteiger partial charge in [0.2, 0.25) is 0 Å². The van der Waals surface area contributed by atoms with E-state index in [0.717, 1.165) is 12.1 Å². The highest BCUT2D eigenvalue weighted by atomic mass is 19.4. The highest BCUT2D eigenvalue weighted by molar-refractivity contribution is 6.06. The van der Waals surface area contributed by atoms with Gasteiger partial charge in [-0.05, 0) is 32.0 Å². The number of benzene rings is 1. The van der Waals surface area contributed by atoms with E-state index in [-0.39, 0.29) is 11.3 Å². The fourth-order valence-electron chi connectivity index (χ4n) is 1.83. The van der Waals surface area contributed by atoms with Crippen molar-refractivity contribution in [3.63, 3.8) is 0 Å². The molecule has 1 heterocycles. The molecule has 1 aromatic carbocycles. The van der Waals surface area contributed by atoms with E-state index in [1.54, 1.807) is 13.0 Å². The molecule has 0 saturated carbocycles. The Morgan fingerprint density at radius 3 is 2.44 bits per heavy atom. The van der Waals surface area contributed by atoms with Crippen molar-refractivity contribution >= 4 is 16.7 Å². The summed E-state index contributed by atoms with van der Waals surface area (Å²) < 4.78 is 37.7. The Balaban J connectivity index is 2.76. The SMILES string of the molecule is CC(=O)c1cc(C)nc2cc(C(F)(F)F)ccc12. The molecule has 0 radical (unpaired) electrons. The maximum absolute atomic E-state index is 12.6. The first-order valence-electron chi connectivity index (χ1n) is 5.28. The van der Waals surface area contributed by atoms with E-state index in [4.69, 9.17) is 0 Å². The maximum Gasteiger partial charge on any atom is 0.416 e. The van der Waals surface area contributed by atoms with Crippen LogP contribution >= 0.6 is 0 Å². The molecule has 0 aliphatic heterocycles. The van der Waals surface area contributed by atoms with E-state index >= 15 is 0 Å². The lowest BCUT2D eigenvalue weighted by molar-refractivity contribution is -0.137. The number of Topliss-reactive ketones (excluding diaryl/α,β-unsaturated/α-hetero) is 1. The summed E-state index contributed by atoms with van der Waals surface area (Å²) in [6, 6.07) is 4.81. The van der Waals surface area contributed by atoms with Crippen LogP contribution in [0.1, 0.15) is 28.5 Å². The highest BCUT2D eigenvalue weighted by Gasteiger charge is 2.30. The molecule has 2 rings (SSSR count). The van der Waals surface area contributed by atoms with Crippen LogP contribution in [0.2, 0.25) is 0 Å². The molecule has 2 aromatic rings. The lowest BCUT2D eigenvalue weighted by Gasteiger charge is -2.09. The number of nitrogens with zero attached hydrogens (tertiary/aromatic N) is 1. The van der Waals surface area contributed by atoms with Gasteiger partial charge in [0.15, 0.2) is 5.78 Å². The highest BCUT2D eigenvalue weighted by Crippen LogP contribution is 2.31. The summed E-state index contributed by atoms with van der Waals surface area (Å²) >= 11 is 0. The van der Waals surface area contributed by atoms with Crippen molar-refractivity contribution < 1.29 is 18.0 Å². The number of carbonyl (C=O) groups is 1. The molecule has 0 fully saturated rings. The van der Waals surface area contributed by atoms with Crippen LogP contribution in [-0.2, 0) is 6.18 Å². The smallest absolute Gasteiger partial charge is 0.294 e. The van der Waals surface area contributed by atoms with Crippen molar-refractivity contribution in [3.05, 3.63) is 41.1 Å². The van der Waals surface area contributed by atoms with E-state index in [0.29, 0.717) is 16.6 Å². The van der Waals surface area contributed by atoms with Gasteiger partial charge in [-0.25, -0.2) is 0 Å². The van der Waals surface area contributed by atoms with Crippen molar-refractivity contribution in [1.29, 1.82) is 0 Å². The first-order valence-corrected chi connectivity index (χ1v) is 5.28. The minimum atomic E-state index is -4.41. The van der Waals surface area contributed by atoms with E-state index in [1.807, 2.05) is 0 Å². The van der Waals surface area contributed by atoms with Crippen LogP contribution in [0, 0.1) is 6.92 Å². The van der Waals surface area contributed by atoms with Gasteiger partial charge in [-0.1, -0.05) is 6.07 Å². The van der Waals surface area contributed by atoms with Gasteiger partial charge in [-0.3, -0.25) is 9.78 Å². The Labute approximate surface area is 101 Å². The second kappa shape index (κ2) is 4.08. The predicted octanol–water partition coefficient (Wildman–Crippen LogP) is 3.76. The van der Waals surface area contributed by atoms with E-state index in [2.05, 4.69) is 4.98 Å². The number of aromatic nitrogens is 1. The molecule has 0 aliphatic carbocycles. The quantitative estimate of drug-likeness (QED) is 0.724. The standard InChI is InChI=1S/C13H10F3NO/c1-7-5-11(8(2)18)10-4-3-9(13(14,15)16)6-12(10)17-7/h3-6H,1-2H3. The van der Waals surface area contributed by atoms with Gasteiger partial charge in [0.05, 0.1) is 11.1 Å². The van der Waals surface area contributed by atoms with Crippen LogP contribution in [-0.4, -0.2) is 10.8 Å². The summed E-state index contributed by atoms with van der Waals surface area (Å²) in [5.41, 5.74) is 0.343. The predicted molar refractivity (Wildman–Crippen MR) is 61.5 cm³/mol. The number of hydrogen-bond donors (Lipinski definition) is 0. The van der Waals surface area contributed by atoms with E-state index in [9.17, 15) is 18.0 Å². The van der Waals surface area contributed by atoms with Gasteiger partial charge < -0.3 is 0 Å². The number of ketones is 1. The third-order valence-electron chi connectivity index (χ3n) is 2.64. The zero-order valence-corrected chi connectivity index (χ0v) is 9.80. The number of aryl methyl sites for hydroxylation is 1. The van der Waals surface area contributed by atoms with Gasteiger partial charge in [-0.15, -0.1) is 0 Å². The van der Waals surface area contributed by atoms with Crippen LogP contribution in [0.5, 0.6) is 0 Å². The second-order valence-electron chi connectivity index (χ2n) is 4.10. The number of pyridine rings is 1. The van der Waals surface area contributed by atoms with Crippen LogP contribution in [0.4, 0.5) is 13.2 Å². The van der Waals surface area contributed by atoms with Crippen molar-refractivity contribution in [2.75, 3.05) is 0 Å². The topological polar surface area (TPSA) is 30.0 Å². The second-order valence-corrected chi connectivity index (χ2v) is 4.10. The largest absolute Gasteiger partial charge is 0.416 e. The summed E-state index contributed by atoms with van der Waals surface area (Å²) in [5.74, 6) is -0.190. The van der Waals surface area contributed by atoms with Gasteiger partial charge in [0.25, 0.3) is 0 Å². The zero-order chi connectivity index (χ0) is 13.5. The fourth-order valence-corrected chi connectivity index (χ4v) is 1.83. The summed E-state index contributed by atoms with van der Waals surface area (Å²) in [4.78, 5) is 15.5. The number of carbonyl (C=O) groups excluding carboxylic acids is 1. The molecular formula is C13H10F3NO. The Kier molecular flexibility index (Phi) is 2.84. The van der Waals surface area contributed by atoms with Crippen molar-refractivity contribution in [2.45, 2.75) is 20.0 Å². The lowest BCUT2D eigenvalue weighted by Crippen LogP contribution is -2.05. The fraction of sp³-hybridized carbons (Fsp3) is 0.231. The monoisotopic (exact) mass is 253 g/mol. The van der Waals surface area contributed by atoms with Crippen molar-refractivity contribution in [1.82, 2.24) is 4.98 Å². The van der Waals surface area contributed by atoms with E-state index < -0.39 is 11.7 Å². The minimum absolute atomic E-state index is 0.190. The third kappa shape index (κ3) is 2.20. The molecule has 0 spiro atoms. The molecule has 0 bridgehead atoms. The molecule has 94 valence electrons. The van der Waals surface area contributed by atoms with E-state index in [1.165, 1.54) is 13.0 Å². The van der Waals surface area contributed by atoms with Crippen LogP contribution in [0.25, 0.3) is 10.9 Å². The molecule has 0 amide bonds. The zero-order valence-electron chi connectivity index (χ0n) is 9.80. The summed E-state index contributed by atoms with van der Waals surface area (Å²) in [6.45, 7) is 3.03. The number of halogens is 3. The first-order chi connectivity index (χ1) is 8.29. The molecule has 18 heavy (non-hydrogen) atoms. The van der Waals surface area contributed by atoms with Crippen LogP contribution < -0.4 is 0 Å². The first kappa shape index (κ1) is 12.5. The molecule has 5 heteroatoms. The summed E-state index contributed by atoms with van der Waals surface area (Å²) in [5, 5.41) is 0.445. The molecule has 2 nitrogen and oxygen atoms in total. The summed E-state index contributed by atoms with van der Waals surface area (Å²) in [6.07, 6.45) is -4.41. The van der Waals surface area contributed by atoms with Gasteiger partial charge in [0, 0.05) is 16.6 Å². The average Bonchev–Trinajstić information content (AvgIpc) is 2.25. The van der Waals surface area contributed by atoms with Gasteiger partial charge in [0.1, 0.15) is 0 Å². The van der Waals surface area contributed by atoms with Crippen LogP contribution in [0.3, 0.4) is 0 Å². The molecular weight excluding hydrogens is 243 g/mol.